The number of H-pyrrole nitrogens is 1. The van der Waals surface area contributed by atoms with Gasteiger partial charge in [0.1, 0.15) is 0 Å². The summed E-state index contributed by atoms with van der Waals surface area (Å²) < 4.78 is 5.38. The highest BCUT2D eigenvalue weighted by Gasteiger charge is 2.20. The lowest BCUT2D eigenvalue weighted by atomic mass is 9.93. The summed E-state index contributed by atoms with van der Waals surface area (Å²) in [4.78, 5) is 0. The lowest BCUT2D eigenvalue weighted by molar-refractivity contribution is 0.0558. The molecule has 0 aromatic carbocycles. The Morgan fingerprint density at radius 2 is 2.31 bits per heavy atom. The molecule has 1 aliphatic rings. The molecule has 0 amide bonds. The molecular weight excluding hydrogens is 202 g/mol. The second-order valence-corrected chi connectivity index (χ2v) is 4.64. The zero-order valence-electron chi connectivity index (χ0n) is 10.1. The molecule has 2 rings (SSSR count). The molecule has 16 heavy (non-hydrogen) atoms. The van der Waals surface area contributed by atoms with Crippen LogP contribution in [0, 0.1) is 12.8 Å². The highest BCUT2D eigenvalue weighted by Crippen LogP contribution is 2.18. The molecule has 1 saturated heterocycles. The van der Waals surface area contributed by atoms with Gasteiger partial charge in [-0.05, 0) is 32.6 Å². The first-order valence-electron chi connectivity index (χ1n) is 6.07. The zero-order valence-corrected chi connectivity index (χ0v) is 10.1. The molecule has 4 heteroatoms. The highest BCUT2D eigenvalue weighted by atomic mass is 16.5. The Labute approximate surface area is 96.8 Å². The molecule has 1 aromatic rings. The third-order valence-corrected chi connectivity index (χ3v) is 3.52. The van der Waals surface area contributed by atoms with Gasteiger partial charge in [0.15, 0.2) is 0 Å². The third-order valence-electron chi connectivity index (χ3n) is 3.52. The van der Waals surface area contributed by atoms with Gasteiger partial charge in [-0.1, -0.05) is 0 Å². The molecule has 1 aliphatic heterocycles. The SMILES string of the molecule is Cc1[nH]ncc1CNC(C)C1CCOCC1. The summed E-state index contributed by atoms with van der Waals surface area (Å²) in [5.41, 5.74) is 2.42. The summed E-state index contributed by atoms with van der Waals surface area (Å²) in [6, 6.07) is 0.554. The summed E-state index contributed by atoms with van der Waals surface area (Å²) in [6.45, 7) is 7.07. The average Bonchev–Trinajstić information content (AvgIpc) is 2.73. The van der Waals surface area contributed by atoms with Gasteiger partial charge in [-0.15, -0.1) is 0 Å². The molecule has 1 aromatic heterocycles. The number of hydrogen-bond acceptors (Lipinski definition) is 3. The average molecular weight is 223 g/mol. The van der Waals surface area contributed by atoms with E-state index in [-0.39, 0.29) is 0 Å². The Bertz CT molecular complexity index is 318. The molecule has 1 fully saturated rings. The standard InChI is InChI=1S/C12H21N3O/c1-9(11-3-5-16-6-4-11)13-7-12-8-14-15-10(12)2/h8-9,11,13H,3-7H2,1-2H3,(H,14,15). The van der Waals surface area contributed by atoms with Crippen molar-refractivity contribution < 1.29 is 4.74 Å². The van der Waals surface area contributed by atoms with Crippen LogP contribution in [0.5, 0.6) is 0 Å². The van der Waals surface area contributed by atoms with E-state index < -0.39 is 0 Å². The number of nitrogens with one attached hydrogen (secondary N) is 2. The van der Waals surface area contributed by atoms with Crippen molar-refractivity contribution in [1.82, 2.24) is 15.5 Å². The van der Waals surface area contributed by atoms with Gasteiger partial charge in [-0.25, -0.2) is 0 Å². The van der Waals surface area contributed by atoms with Gasteiger partial charge in [-0.3, -0.25) is 5.10 Å². The summed E-state index contributed by atoms with van der Waals surface area (Å²) in [6.07, 6.45) is 4.26. The number of aromatic amines is 1. The van der Waals surface area contributed by atoms with Gasteiger partial charge in [0.2, 0.25) is 0 Å². The number of ether oxygens (including phenoxy) is 1. The van der Waals surface area contributed by atoms with Gasteiger partial charge < -0.3 is 10.1 Å². The molecule has 0 spiro atoms. The van der Waals surface area contributed by atoms with E-state index in [9.17, 15) is 0 Å². The second kappa shape index (κ2) is 5.46. The number of aryl methyl sites for hydroxylation is 1. The van der Waals surface area contributed by atoms with E-state index in [1.165, 1.54) is 18.4 Å². The van der Waals surface area contributed by atoms with Crippen LogP contribution in [0.25, 0.3) is 0 Å². The summed E-state index contributed by atoms with van der Waals surface area (Å²) in [5.74, 6) is 0.751. The van der Waals surface area contributed by atoms with Gasteiger partial charge in [0.05, 0.1) is 6.20 Å². The maximum absolute atomic E-state index is 5.38. The lowest BCUT2D eigenvalue weighted by Crippen LogP contribution is -2.36. The van der Waals surface area contributed by atoms with Crippen molar-refractivity contribution in [3.63, 3.8) is 0 Å². The van der Waals surface area contributed by atoms with E-state index in [0.717, 1.165) is 31.4 Å². The summed E-state index contributed by atoms with van der Waals surface area (Å²) in [7, 11) is 0. The van der Waals surface area contributed by atoms with Crippen LogP contribution in [-0.2, 0) is 11.3 Å². The van der Waals surface area contributed by atoms with E-state index >= 15 is 0 Å². The second-order valence-electron chi connectivity index (χ2n) is 4.64. The van der Waals surface area contributed by atoms with Crippen molar-refractivity contribution in [2.75, 3.05) is 13.2 Å². The topological polar surface area (TPSA) is 49.9 Å². The number of nitrogens with zero attached hydrogens (tertiary/aromatic N) is 1. The summed E-state index contributed by atoms with van der Waals surface area (Å²) >= 11 is 0. The van der Waals surface area contributed by atoms with Crippen molar-refractivity contribution in [3.8, 4) is 0 Å². The first-order chi connectivity index (χ1) is 7.77. The first-order valence-corrected chi connectivity index (χ1v) is 6.07. The Morgan fingerprint density at radius 1 is 1.56 bits per heavy atom. The maximum Gasteiger partial charge on any atom is 0.0535 e. The van der Waals surface area contributed by atoms with Crippen molar-refractivity contribution in [2.24, 2.45) is 5.92 Å². The number of rotatable bonds is 4. The van der Waals surface area contributed by atoms with Crippen LogP contribution in [0.15, 0.2) is 6.20 Å². The largest absolute Gasteiger partial charge is 0.381 e. The quantitative estimate of drug-likeness (QED) is 0.815. The molecule has 0 saturated carbocycles. The fourth-order valence-corrected chi connectivity index (χ4v) is 2.21. The van der Waals surface area contributed by atoms with E-state index in [4.69, 9.17) is 4.74 Å². The molecule has 4 nitrogen and oxygen atoms in total. The Hall–Kier alpha value is -0.870. The van der Waals surface area contributed by atoms with Crippen LogP contribution in [0.2, 0.25) is 0 Å². The van der Waals surface area contributed by atoms with Crippen LogP contribution in [0.4, 0.5) is 0 Å². The van der Waals surface area contributed by atoms with Crippen LogP contribution >= 0.6 is 0 Å². The minimum atomic E-state index is 0.554. The third kappa shape index (κ3) is 2.83. The van der Waals surface area contributed by atoms with Gasteiger partial charge in [0, 0.05) is 37.1 Å². The minimum absolute atomic E-state index is 0.554. The predicted octanol–water partition coefficient (Wildman–Crippen LogP) is 1.62. The monoisotopic (exact) mass is 223 g/mol. The van der Waals surface area contributed by atoms with E-state index in [1.807, 2.05) is 6.20 Å². The smallest absolute Gasteiger partial charge is 0.0535 e. The molecule has 2 N–H and O–H groups in total. The van der Waals surface area contributed by atoms with Crippen molar-refractivity contribution in [3.05, 3.63) is 17.5 Å². The molecule has 2 heterocycles. The Kier molecular flexibility index (Phi) is 3.96. The minimum Gasteiger partial charge on any atom is -0.381 e. The Morgan fingerprint density at radius 3 is 2.94 bits per heavy atom. The molecule has 1 unspecified atom stereocenters. The van der Waals surface area contributed by atoms with Gasteiger partial charge in [-0.2, -0.15) is 5.10 Å². The summed E-state index contributed by atoms with van der Waals surface area (Å²) in [5, 5.41) is 10.6. The normalized spacial score (nSPS) is 19.9. The zero-order chi connectivity index (χ0) is 11.4. The molecular formula is C12H21N3O. The fraction of sp³-hybridized carbons (Fsp3) is 0.750. The van der Waals surface area contributed by atoms with Crippen molar-refractivity contribution in [2.45, 2.75) is 39.3 Å². The van der Waals surface area contributed by atoms with Crippen LogP contribution in [0.1, 0.15) is 31.0 Å². The van der Waals surface area contributed by atoms with E-state index in [2.05, 4.69) is 29.4 Å². The van der Waals surface area contributed by atoms with Gasteiger partial charge in [0.25, 0.3) is 0 Å². The molecule has 1 atom stereocenters. The lowest BCUT2D eigenvalue weighted by Gasteiger charge is -2.28. The van der Waals surface area contributed by atoms with E-state index in [1.54, 1.807) is 0 Å². The Balaban J connectivity index is 1.78. The van der Waals surface area contributed by atoms with Crippen molar-refractivity contribution >= 4 is 0 Å². The molecule has 0 aliphatic carbocycles. The van der Waals surface area contributed by atoms with Crippen molar-refractivity contribution in [1.29, 1.82) is 0 Å². The fourth-order valence-electron chi connectivity index (χ4n) is 2.21. The molecule has 90 valence electrons. The highest BCUT2D eigenvalue weighted by molar-refractivity contribution is 5.13. The van der Waals surface area contributed by atoms with E-state index in [0.29, 0.717) is 6.04 Å². The molecule has 0 radical (unpaired) electrons. The predicted molar refractivity (Wildman–Crippen MR) is 63.2 cm³/mol. The number of aromatic nitrogens is 2. The number of hydrogen-bond donors (Lipinski definition) is 2. The van der Waals surface area contributed by atoms with Crippen LogP contribution < -0.4 is 5.32 Å². The van der Waals surface area contributed by atoms with Crippen LogP contribution in [-0.4, -0.2) is 29.5 Å². The first kappa shape index (κ1) is 11.6. The van der Waals surface area contributed by atoms with Crippen LogP contribution in [0.3, 0.4) is 0 Å². The molecule has 0 bridgehead atoms. The maximum atomic E-state index is 5.38. The van der Waals surface area contributed by atoms with Gasteiger partial charge >= 0.3 is 0 Å².